The Bertz CT molecular complexity index is 933. The number of aliphatic carboxylic acids is 1. The maximum atomic E-state index is 13.1. The van der Waals surface area contributed by atoms with E-state index in [0.29, 0.717) is 36.5 Å². The zero-order chi connectivity index (χ0) is 26.3. The van der Waals surface area contributed by atoms with Crippen molar-refractivity contribution in [1.29, 1.82) is 0 Å². The molecule has 37 heavy (non-hydrogen) atoms. The Morgan fingerprint density at radius 2 is 1.84 bits per heavy atom. The first-order chi connectivity index (χ1) is 17.0. The van der Waals surface area contributed by atoms with Crippen molar-refractivity contribution < 1.29 is 24.2 Å². The van der Waals surface area contributed by atoms with Crippen molar-refractivity contribution in [2.45, 2.75) is 98.0 Å². The van der Waals surface area contributed by atoms with Crippen LogP contribution in [-0.4, -0.2) is 53.2 Å². The highest BCUT2D eigenvalue weighted by atomic mass is 35.5. The molecule has 1 aromatic carbocycles. The number of carbonyl (C=O) groups excluding carboxylic acids is 2. The van der Waals surface area contributed by atoms with Crippen LogP contribution in [0.4, 0.5) is 4.79 Å². The van der Waals surface area contributed by atoms with Crippen LogP contribution in [0, 0.1) is 11.3 Å². The summed E-state index contributed by atoms with van der Waals surface area (Å²) in [7, 11) is 0. The average molecular weight is 537 g/mol. The second-order valence-electron chi connectivity index (χ2n) is 11.6. The summed E-state index contributed by atoms with van der Waals surface area (Å²) in [5.74, 6) is -0.291. The number of carboxylic acid groups (broad SMARTS) is 1. The maximum Gasteiger partial charge on any atom is 0.410 e. The third-order valence-electron chi connectivity index (χ3n) is 7.40. The van der Waals surface area contributed by atoms with Gasteiger partial charge >= 0.3 is 12.1 Å². The van der Waals surface area contributed by atoms with E-state index >= 15 is 0 Å². The van der Waals surface area contributed by atoms with E-state index < -0.39 is 17.7 Å². The number of hydrogen-bond acceptors (Lipinski definition) is 4. The first-order valence-electron chi connectivity index (χ1n) is 13.2. The lowest BCUT2D eigenvalue weighted by Gasteiger charge is -2.45. The summed E-state index contributed by atoms with van der Waals surface area (Å²) < 4.78 is 5.43. The van der Waals surface area contributed by atoms with Gasteiger partial charge in [0.15, 0.2) is 0 Å². The highest BCUT2D eigenvalue weighted by Gasteiger charge is 2.39. The third kappa shape index (κ3) is 9.51. The van der Waals surface area contributed by atoms with E-state index in [1.165, 1.54) is 49.8 Å². The highest BCUT2D eigenvalue weighted by molar-refractivity contribution is 6.33. The first kappa shape index (κ1) is 30.9. The Morgan fingerprint density at radius 3 is 2.46 bits per heavy atom. The van der Waals surface area contributed by atoms with E-state index in [-0.39, 0.29) is 31.7 Å². The number of carboxylic acids is 1. The molecule has 2 fully saturated rings. The molecule has 0 unspecified atom stereocenters. The summed E-state index contributed by atoms with van der Waals surface area (Å²) in [4.78, 5) is 38.0. The second kappa shape index (κ2) is 13.5. The van der Waals surface area contributed by atoms with Crippen molar-refractivity contribution in [1.82, 2.24) is 10.2 Å². The van der Waals surface area contributed by atoms with Gasteiger partial charge in [-0.2, -0.15) is 0 Å². The Labute approximate surface area is 227 Å². The van der Waals surface area contributed by atoms with Crippen LogP contribution in [0.5, 0.6) is 0 Å². The van der Waals surface area contributed by atoms with Gasteiger partial charge in [0.25, 0.3) is 5.91 Å². The molecule has 2 N–H and O–H groups in total. The summed E-state index contributed by atoms with van der Waals surface area (Å²) in [6.07, 6.45) is 9.31. The van der Waals surface area contributed by atoms with E-state index in [1.807, 2.05) is 12.1 Å². The lowest BCUT2D eigenvalue weighted by Crippen LogP contribution is -2.43. The van der Waals surface area contributed by atoms with Crippen molar-refractivity contribution in [2.24, 2.45) is 11.3 Å². The zero-order valence-corrected chi connectivity index (χ0v) is 22.7. The van der Waals surface area contributed by atoms with Crippen molar-refractivity contribution >= 4 is 29.6 Å². The summed E-state index contributed by atoms with van der Waals surface area (Å²) in [5, 5.41) is 12.6. The molecule has 2 saturated carbocycles. The Kier molecular flexibility index (Phi) is 11.3. The Morgan fingerprint density at radius 1 is 1.16 bits per heavy atom. The molecule has 0 atom stereocenters. The van der Waals surface area contributed by atoms with Crippen LogP contribution in [0.1, 0.15) is 102 Å². The molecule has 0 spiro atoms. The molecule has 2 aliphatic carbocycles. The van der Waals surface area contributed by atoms with Gasteiger partial charge in [-0.05, 0) is 81.9 Å². The molecule has 2 aliphatic rings. The second-order valence-corrected chi connectivity index (χ2v) is 12.0. The number of aryl methyl sites for hydroxylation is 1. The van der Waals surface area contributed by atoms with Gasteiger partial charge in [0.2, 0.25) is 0 Å². The predicted molar refractivity (Wildman–Crippen MR) is 147 cm³/mol. The molecular formula is C29H45ClN2O5. The molecule has 208 valence electrons. The summed E-state index contributed by atoms with van der Waals surface area (Å²) in [6, 6.07) is 5.46. The molecule has 7 nitrogen and oxygen atoms in total. The van der Waals surface area contributed by atoms with Gasteiger partial charge in [0.05, 0.1) is 17.0 Å². The first-order valence-corrected chi connectivity index (χ1v) is 13.6. The van der Waals surface area contributed by atoms with Gasteiger partial charge < -0.3 is 20.1 Å². The fourth-order valence-electron chi connectivity index (χ4n) is 5.66. The zero-order valence-electron chi connectivity index (χ0n) is 21.9. The maximum absolute atomic E-state index is 13.1. The van der Waals surface area contributed by atoms with Crippen molar-refractivity contribution in [3.8, 4) is 0 Å². The predicted octanol–water partition coefficient (Wildman–Crippen LogP) is 6.71. The summed E-state index contributed by atoms with van der Waals surface area (Å²) >= 11 is 6.39. The number of carbonyl (C=O) groups is 3. The SMILES string of the molecule is C.CC(C)(C)OC(=O)N(CCCc1ccc(Cl)c(C(=O)NCC23CCCC(CCC2)C3)c1)CCC(=O)O. The Balaban J connectivity index is 0.00000481. The van der Waals surface area contributed by atoms with E-state index in [9.17, 15) is 14.4 Å². The minimum atomic E-state index is -0.964. The van der Waals surface area contributed by atoms with Crippen molar-refractivity contribution in [3.63, 3.8) is 0 Å². The monoisotopic (exact) mass is 536 g/mol. The van der Waals surface area contributed by atoms with Crippen LogP contribution in [-0.2, 0) is 16.0 Å². The average Bonchev–Trinajstić information content (AvgIpc) is 2.79. The van der Waals surface area contributed by atoms with E-state index in [0.717, 1.165) is 11.5 Å². The van der Waals surface area contributed by atoms with Gasteiger partial charge in [-0.1, -0.05) is 50.8 Å². The minimum absolute atomic E-state index is 0. The fraction of sp³-hybridized carbons (Fsp3) is 0.690. The van der Waals surface area contributed by atoms with E-state index in [2.05, 4.69) is 5.32 Å². The van der Waals surface area contributed by atoms with Crippen LogP contribution >= 0.6 is 11.6 Å². The summed E-state index contributed by atoms with van der Waals surface area (Å²) in [6.45, 7) is 6.48. The standard InChI is InChI=1S/C28H41ClN2O5.CH4/c1-27(2,3)36-26(35)31(16-12-24(32)33)15-6-9-20-10-11-23(29)22(17-20)25(34)30-19-28-13-4-7-21(18-28)8-5-14-28;/h10-11,17,21H,4-9,12-16,18-19H2,1-3H3,(H,30,34)(H,32,33);1H4. The molecular weight excluding hydrogens is 492 g/mol. The minimum Gasteiger partial charge on any atom is -0.481 e. The van der Waals surface area contributed by atoms with Gasteiger partial charge in [-0.15, -0.1) is 0 Å². The molecule has 0 aliphatic heterocycles. The molecule has 0 radical (unpaired) electrons. The van der Waals surface area contributed by atoms with Crippen LogP contribution in [0.15, 0.2) is 18.2 Å². The molecule has 8 heteroatoms. The van der Waals surface area contributed by atoms with Gasteiger partial charge in [-0.3, -0.25) is 9.59 Å². The smallest absolute Gasteiger partial charge is 0.410 e. The van der Waals surface area contributed by atoms with Crippen LogP contribution in [0.3, 0.4) is 0 Å². The molecule has 3 rings (SSSR count). The quantitative estimate of drug-likeness (QED) is 0.346. The number of ether oxygens (including phenoxy) is 1. The number of nitrogens with one attached hydrogen (secondary N) is 1. The molecule has 0 aromatic heterocycles. The lowest BCUT2D eigenvalue weighted by molar-refractivity contribution is -0.137. The number of rotatable bonds is 10. The van der Waals surface area contributed by atoms with Gasteiger partial charge in [0, 0.05) is 19.6 Å². The number of amides is 2. The van der Waals surface area contributed by atoms with Crippen LogP contribution in [0.2, 0.25) is 5.02 Å². The fourth-order valence-corrected chi connectivity index (χ4v) is 5.86. The molecule has 2 bridgehead atoms. The van der Waals surface area contributed by atoms with Crippen molar-refractivity contribution in [3.05, 3.63) is 34.3 Å². The topological polar surface area (TPSA) is 95.9 Å². The molecule has 0 saturated heterocycles. The number of nitrogens with zero attached hydrogens (tertiary/aromatic N) is 1. The number of halogens is 1. The van der Waals surface area contributed by atoms with Crippen LogP contribution < -0.4 is 5.32 Å². The molecule has 1 aromatic rings. The molecule has 0 heterocycles. The van der Waals surface area contributed by atoms with Crippen molar-refractivity contribution in [2.75, 3.05) is 19.6 Å². The number of hydrogen-bond donors (Lipinski definition) is 2. The van der Waals surface area contributed by atoms with Crippen LogP contribution in [0.25, 0.3) is 0 Å². The van der Waals surface area contributed by atoms with Gasteiger partial charge in [0.1, 0.15) is 5.60 Å². The summed E-state index contributed by atoms with van der Waals surface area (Å²) in [5.41, 5.74) is 0.999. The number of benzene rings is 1. The lowest BCUT2D eigenvalue weighted by atomic mass is 9.62. The highest BCUT2D eigenvalue weighted by Crippen LogP contribution is 2.48. The molecule has 2 amide bonds. The normalized spacial score (nSPS) is 20.9. The Hall–Kier alpha value is -2.28. The van der Waals surface area contributed by atoms with Gasteiger partial charge in [-0.25, -0.2) is 4.79 Å². The number of fused-ring (bicyclic) bond motifs is 2. The van der Waals surface area contributed by atoms with E-state index in [4.69, 9.17) is 21.4 Å². The third-order valence-corrected chi connectivity index (χ3v) is 7.73. The van der Waals surface area contributed by atoms with E-state index in [1.54, 1.807) is 26.8 Å². The largest absolute Gasteiger partial charge is 0.481 e.